The van der Waals surface area contributed by atoms with Crippen molar-refractivity contribution in [2.24, 2.45) is 10.8 Å². The molecule has 2 N–H and O–H groups in total. The van der Waals surface area contributed by atoms with Crippen molar-refractivity contribution >= 4 is 22.9 Å². The summed E-state index contributed by atoms with van der Waals surface area (Å²) < 4.78 is 4.44. The SMILES string of the molecule is CC.CC(C)(C)CC(C)(C)Nc1c(C(c2ccccc2)c2ccccc2)nc2ccccn12.CC(C)(C)CC(C)(C)Nc1c(C2CCCCC2)nc2ccccn12. The molecule has 0 radical (unpaired) electrons. The van der Waals surface area contributed by atoms with Crippen molar-refractivity contribution in [3.05, 3.63) is 132 Å². The number of hydrogen-bond donors (Lipinski definition) is 2. The Hall–Kier alpha value is -4.58. The van der Waals surface area contributed by atoms with Gasteiger partial charge in [-0.3, -0.25) is 8.80 Å². The van der Waals surface area contributed by atoms with Crippen LogP contribution in [-0.2, 0) is 0 Å². The molecule has 6 heteroatoms. The zero-order chi connectivity index (χ0) is 41.4. The summed E-state index contributed by atoms with van der Waals surface area (Å²) in [5.74, 6) is 2.94. The number of aromatic nitrogens is 4. The molecule has 2 aromatic carbocycles. The Kier molecular flexibility index (Phi) is 14.0. The van der Waals surface area contributed by atoms with E-state index in [1.165, 1.54) is 54.7 Å². The number of anilines is 2. The Bertz CT molecular complexity index is 2080. The summed E-state index contributed by atoms with van der Waals surface area (Å²) in [5, 5.41) is 7.75. The Morgan fingerprint density at radius 2 is 0.965 bits per heavy atom. The smallest absolute Gasteiger partial charge is 0.138 e. The van der Waals surface area contributed by atoms with Crippen molar-refractivity contribution in [1.82, 2.24) is 18.8 Å². The highest BCUT2D eigenvalue weighted by Gasteiger charge is 2.32. The lowest BCUT2D eigenvalue weighted by molar-refractivity contribution is 0.301. The van der Waals surface area contributed by atoms with Gasteiger partial charge in [-0.05, 0) is 99.6 Å². The predicted octanol–water partition coefficient (Wildman–Crippen LogP) is 14.2. The number of fused-ring (bicyclic) bond motifs is 2. The largest absolute Gasteiger partial charge is 0.365 e. The highest BCUT2D eigenvalue weighted by molar-refractivity contribution is 5.61. The van der Waals surface area contributed by atoms with E-state index in [1.54, 1.807) is 0 Å². The van der Waals surface area contributed by atoms with Crippen molar-refractivity contribution < 1.29 is 0 Å². The molecule has 1 aliphatic carbocycles. The highest BCUT2D eigenvalue weighted by atomic mass is 15.2. The fourth-order valence-electron chi connectivity index (χ4n) is 9.32. The minimum Gasteiger partial charge on any atom is -0.365 e. The van der Waals surface area contributed by atoms with Crippen LogP contribution < -0.4 is 10.6 Å². The first-order valence-corrected chi connectivity index (χ1v) is 21.6. The molecule has 1 saturated carbocycles. The van der Waals surface area contributed by atoms with Crippen LogP contribution in [0.5, 0.6) is 0 Å². The minimum absolute atomic E-state index is 0.0352. The van der Waals surface area contributed by atoms with Crippen LogP contribution in [0.4, 0.5) is 11.6 Å². The first kappa shape index (κ1) is 43.5. The monoisotopic (exact) mass is 769 g/mol. The number of nitrogens with zero attached hydrogens (tertiary/aromatic N) is 4. The maximum Gasteiger partial charge on any atom is 0.138 e. The fourth-order valence-corrected chi connectivity index (χ4v) is 9.32. The van der Waals surface area contributed by atoms with E-state index < -0.39 is 0 Å². The molecule has 0 aliphatic heterocycles. The molecule has 0 amide bonds. The average molecular weight is 769 g/mol. The van der Waals surface area contributed by atoms with Crippen molar-refractivity contribution in [1.29, 1.82) is 0 Å². The standard InChI is InChI=1S/C28H33N3.C21H33N3.C2H6/c1-27(2,3)20-28(4,5)30-26-25(29-23-18-12-13-19-31(23)26)24(21-14-8-6-9-15-21)22-16-10-7-11-17-22;1-20(2,3)15-21(4,5)23-19-18(16-11-7-6-8-12-16)22-17-13-9-10-14-24(17)19;1-2/h6-19,24,30H,20H2,1-5H3;9-10,13-14,16,23H,6-8,11-12,15H2,1-5H3;1-2H3. The molecular weight excluding hydrogens is 697 g/mol. The van der Waals surface area contributed by atoms with Gasteiger partial charge in [0.15, 0.2) is 0 Å². The Labute approximate surface area is 345 Å². The summed E-state index contributed by atoms with van der Waals surface area (Å²) in [6.45, 7) is 27.0. The average Bonchev–Trinajstić information content (AvgIpc) is 3.69. The van der Waals surface area contributed by atoms with E-state index in [0.29, 0.717) is 11.3 Å². The number of hydrogen-bond acceptors (Lipinski definition) is 4. The third-order valence-electron chi connectivity index (χ3n) is 10.5. The van der Waals surface area contributed by atoms with Gasteiger partial charge in [0.05, 0.1) is 17.3 Å². The summed E-state index contributed by atoms with van der Waals surface area (Å²) in [4.78, 5) is 10.2. The second kappa shape index (κ2) is 18.3. The lowest BCUT2D eigenvalue weighted by Gasteiger charge is -2.35. The summed E-state index contributed by atoms with van der Waals surface area (Å²) in [6.07, 6.45) is 13.0. The summed E-state index contributed by atoms with van der Waals surface area (Å²) in [7, 11) is 0. The second-order valence-corrected chi connectivity index (χ2v) is 19.6. The second-order valence-electron chi connectivity index (χ2n) is 19.6. The molecule has 6 nitrogen and oxygen atoms in total. The number of benzene rings is 2. The van der Waals surface area contributed by atoms with Crippen molar-refractivity contribution in [2.75, 3.05) is 10.6 Å². The van der Waals surface area contributed by atoms with Gasteiger partial charge in [0.2, 0.25) is 0 Å². The van der Waals surface area contributed by atoms with Gasteiger partial charge >= 0.3 is 0 Å². The van der Waals surface area contributed by atoms with E-state index in [4.69, 9.17) is 9.97 Å². The lowest BCUT2D eigenvalue weighted by Crippen LogP contribution is -2.36. The minimum atomic E-state index is -0.0866. The van der Waals surface area contributed by atoms with Gasteiger partial charge in [-0.1, -0.05) is 147 Å². The van der Waals surface area contributed by atoms with Gasteiger partial charge < -0.3 is 10.6 Å². The van der Waals surface area contributed by atoms with E-state index in [9.17, 15) is 0 Å². The molecule has 7 rings (SSSR count). The zero-order valence-corrected chi connectivity index (χ0v) is 37.3. The normalized spacial score (nSPS) is 14.2. The third kappa shape index (κ3) is 11.7. The van der Waals surface area contributed by atoms with Gasteiger partial charge in [-0.2, -0.15) is 0 Å². The molecule has 1 aliphatic rings. The van der Waals surface area contributed by atoms with Gasteiger partial charge in [0.1, 0.15) is 22.9 Å². The molecule has 306 valence electrons. The van der Waals surface area contributed by atoms with Gasteiger partial charge in [0.25, 0.3) is 0 Å². The maximum absolute atomic E-state index is 5.15. The molecule has 4 heterocycles. The molecule has 6 aromatic rings. The zero-order valence-electron chi connectivity index (χ0n) is 37.3. The molecule has 0 bridgehead atoms. The van der Waals surface area contributed by atoms with E-state index in [2.05, 4.69) is 198 Å². The molecule has 1 fully saturated rings. The van der Waals surface area contributed by atoms with E-state index in [0.717, 1.165) is 35.6 Å². The molecule has 0 atom stereocenters. The van der Waals surface area contributed by atoms with E-state index in [1.807, 2.05) is 13.8 Å². The lowest BCUT2D eigenvalue weighted by atomic mass is 9.81. The third-order valence-corrected chi connectivity index (χ3v) is 10.5. The number of imidazole rings is 2. The fraction of sp³-hybridized carbons (Fsp3) is 0.490. The van der Waals surface area contributed by atoms with Gasteiger partial charge in [0, 0.05) is 29.4 Å². The predicted molar refractivity (Wildman–Crippen MR) is 245 cm³/mol. The first-order chi connectivity index (χ1) is 27.0. The molecule has 0 spiro atoms. The van der Waals surface area contributed by atoms with Crippen molar-refractivity contribution in [3.63, 3.8) is 0 Å². The molecular formula is C51H72N6. The van der Waals surface area contributed by atoms with Crippen LogP contribution in [0, 0.1) is 10.8 Å². The topological polar surface area (TPSA) is 58.7 Å². The van der Waals surface area contributed by atoms with Crippen LogP contribution in [-0.4, -0.2) is 29.8 Å². The van der Waals surface area contributed by atoms with E-state index in [-0.39, 0.29) is 22.4 Å². The highest BCUT2D eigenvalue weighted by Crippen LogP contribution is 2.40. The van der Waals surface area contributed by atoms with Crippen molar-refractivity contribution in [3.8, 4) is 0 Å². The Balaban J connectivity index is 0.000000215. The Morgan fingerprint density at radius 3 is 1.44 bits per heavy atom. The summed E-state index contributed by atoms with van der Waals surface area (Å²) >= 11 is 0. The summed E-state index contributed by atoms with van der Waals surface area (Å²) in [6, 6.07) is 33.9. The molecule has 57 heavy (non-hydrogen) atoms. The van der Waals surface area contributed by atoms with Gasteiger partial charge in [-0.25, -0.2) is 9.97 Å². The summed E-state index contributed by atoms with van der Waals surface area (Å²) in [5.41, 5.74) is 7.31. The molecule has 4 aromatic heterocycles. The maximum atomic E-state index is 5.15. The first-order valence-electron chi connectivity index (χ1n) is 21.6. The van der Waals surface area contributed by atoms with Crippen LogP contribution in [0.25, 0.3) is 11.3 Å². The quantitative estimate of drug-likeness (QED) is 0.146. The number of pyridine rings is 2. The molecule has 0 saturated heterocycles. The van der Waals surface area contributed by atoms with Crippen LogP contribution >= 0.6 is 0 Å². The van der Waals surface area contributed by atoms with Crippen LogP contribution in [0.3, 0.4) is 0 Å². The van der Waals surface area contributed by atoms with Crippen molar-refractivity contribution in [2.45, 2.75) is 151 Å². The number of rotatable bonds is 10. The van der Waals surface area contributed by atoms with Crippen LogP contribution in [0.1, 0.15) is 162 Å². The molecule has 0 unspecified atom stereocenters. The Morgan fingerprint density at radius 1 is 0.544 bits per heavy atom. The number of nitrogens with one attached hydrogen (secondary N) is 2. The van der Waals surface area contributed by atoms with Crippen LogP contribution in [0.2, 0.25) is 0 Å². The van der Waals surface area contributed by atoms with Crippen LogP contribution in [0.15, 0.2) is 109 Å². The van der Waals surface area contributed by atoms with Gasteiger partial charge in [-0.15, -0.1) is 0 Å². The van der Waals surface area contributed by atoms with E-state index >= 15 is 0 Å².